The van der Waals surface area contributed by atoms with Crippen molar-refractivity contribution in [2.24, 2.45) is 10.2 Å². The van der Waals surface area contributed by atoms with Crippen molar-refractivity contribution in [3.63, 3.8) is 0 Å². The average Bonchev–Trinajstić information content (AvgIpc) is 3.56. The summed E-state index contributed by atoms with van der Waals surface area (Å²) in [5, 5.41) is 13.4. The number of thioether (sulfide) groups is 1. The fraction of sp³-hybridized carbons (Fsp3) is 0.148. The van der Waals surface area contributed by atoms with Gasteiger partial charge in [-0.2, -0.15) is 5.10 Å². The lowest BCUT2D eigenvalue weighted by molar-refractivity contribution is -0.274. The first-order valence-electron chi connectivity index (χ1n) is 11.9. The Hall–Kier alpha value is -4.65. The van der Waals surface area contributed by atoms with E-state index < -0.39 is 6.36 Å². The molecule has 1 amide bonds. The van der Waals surface area contributed by atoms with Gasteiger partial charge in [0.2, 0.25) is 5.91 Å². The number of hydrogen-bond acceptors (Lipinski definition) is 8. The number of aromatic nitrogens is 3. The van der Waals surface area contributed by atoms with Crippen LogP contribution in [0.3, 0.4) is 0 Å². The first kappa shape index (κ1) is 26.9. The first-order chi connectivity index (χ1) is 19.2. The SMILES string of the molecule is CN(C)c1cccc(N2C(=O)CSC2=NN=Cc2ccc(-c3ncn(-c4ccc(OC(F)(F)F)cc4)n3)cc2)c1. The number of benzene rings is 3. The van der Waals surface area contributed by atoms with Crippen molar-refractivity contribution in [3.05, 3.63) is 84.7 Å². The highest BCUT2D eigenvalue weighted by atomic mass is 32.2. The number of nitrogens with zero attached hydrogens (tertiary/aromatic N) is 7. The van der Waals surface area contributed by atoms with Crippen molar-refractivity contribution in [1.29, 1.82) is 0 Å². The lowest BCUT2D eigenvalue weighted by Gasteiger charge is -2.18. The Bertz CT molecular complexity index is 1570. The number of anilines is 2. The summed E-state index contributed by atoms with van der Waals surface area (Å²) in [4.78, 5) is 20.3. The summed E-state index contributed by atoms with van der Waals surface area (Å²) >= 11 is 1.33. The highest BCUT2D eigenvalue weighted by Crippen LogP contribution is 2.29. The summed E-state index contributed by atoms with van der Waals surface area (Å²) in [6, 6.07) is 20.3. The van der Waals surface area contributed by atoms with E-state index in [2.05, 4.69) is 25.0 Å². The number of amidine groups is 1. The number of carbonyl (C=O) groups excluding carboxylic acids is 1. The zero-order valence-electron chi connectivity index (χ0n) is 21.3. The molecule has 1 aliphatic heterocycles. The summed E-state index contributed by atoms with van der Waals surface area (Å²) in [7, 11) is 3.87. The van der Waals surface area contributed by atoms with Gasteiger partial charge >= 0.3 is 6.36 Å². The molecule has 1 aliphatic rings. The maximum absolute atomic E-state index is 12.5. The van der Waals surface area contributed by atoms with E-state index in [1.807, 2.05) is 67.5 Å². The molecular weight excluding hydrogens is 543 g/mol. The predicted molar refractivity (Wildman–Crippen MR) is 149 cm³/mol. The Kier molecular flexibility index (Phi) is 7.56. The van der Waals surface area contributed by atoms with Crippen LogP contribution in [0.5, 0.6) is 5.75 Å². The Balaban J connectivity index is 1.26. The number of halogens is 3. The third-order valence-corrected chi connectivity index (χ3v) is 6.63. The highest BCUT2D eigenvalue weighted by molar-refractivity contribution is 8.15. The molecule has 1 fully saturated rings. The van der Waals surface area contributed by atoms with Crippen molar-refractivity contribution in [2.75, 3.05) is 29.6 Å². The second-order valence-electron chi connectivity index (χ2n) is 8.74. The molecule has 0 spiro atoms. The minimum Gasteiger partial charge on any atom is -0.406 e. The standard InChI is InChI=1S/C27H22F3N7O2S/c1-35(2)21-4-3-5-22(14-21)37-24(38)16-40-26(37)33-32-15-18-6-8-19(9-7-18)25-31-17-36(34-25)20-10-12-23(13-11-20)39-27(28,29)30/h3-15,17H,16H2,1-2H3. The van der Waals surface area contributed by atoms with Crippen LogP contribution in [0.4, 0.5) is 24.5 Å². The monoisotopic (exact) mass is 565 g/mol. The third-order valence-electron chi connectivity index (χ3n) is 5.72. The van der Waals surface area contributed by atoms with Gasteiger partial charge in [0.05, 0.1) is 23.3 Å². The topological polar surface area (TPSA) is 88.2 Å². The number of rotatable bonds is 7. The summed E-state index contributed by atoms with van der Waals surface area (Å²) in [5.41, 5.74) is 3.75. The van der Waals surface area contributed by atoms with E-state index in [9.17, 15) is 18.0 Å². The normalized spacial score (nSPS) is 14.9. The van der Waals surface area contributed by atoms with Gasteiger partial charge in [-0.3, -0.25) is 9.69 Å². The van der Waals surface area contributed by atoms with Gasteiger partial charge in [-0.1, -0.05) is 42.1 Å². The number of carbonyl (C=O) groups is 1. The van der Waals surface area contributed by atoms with Gasteiger partial charge < -0.3 is 9.64 Å². The van der Waals surface area contributed by atoms with Crippen molar-refractivity contribution < 1.29 is 22.7 Å². The zero-order chi connectivity index (χ0) is 28.3. The predicted octanol–water partition coefficient (Wildman–Crippen LogP) is 5.37. The van der Waals surface area contributed by atoms with Crippen LogP contribution in [0.25, 0.3) is 17.1 Å². The molecule has 0 atom stereocenters. The summed E-state index contributed by atoms with van der Waals surface area (Å²) in [6.07, 6.45) is -1.69. The molecule has 0 saturated carbocycles. The van der Waals surface area contributed by atoms with Crippen LogP contribution in [-0.4, -0.2) is 58.3 Å². The van der Waals surface area contributed by atoms with Crippen LogP contribution in [-0.2, 0) is 4.79 Å². The Morgan fingerprint density at radius 3 is 2.48 bits per heavy atom. The van der Waals surface area contributed by atoms with Crippen molar-refractivity contribution in [2.45, 2.75) is 6.36 Å². The van der Waals surface area contributed by atoms with Crippen molar-refractivity contribution in [3.8, 4) is 22.8 Å². The molecule has 3 aromatic carbocycles. The molecule has 13 heteroatoms. The van der Waals surface area contributed by atoms with Gasteiger partial charge in [0.15, 0.2) is 11.0 Å². The highest BCUT2D eigenvalue weighted by Gasteiger charge is 2.31. The number of hydrogen-bond donors (Lipinski definition) is 0. The van der Waals surface area contributed by atoms with E-state index in [1.54, 1.807) is 11.1 Å². The number of ether oxygens (including phenoxy) is 1. The van der Waals surface area contributed by atoms with E-state index in [4.69, 9.17) is 0 Å². The summed E-state index contributed by atoms with van der Waals surface area (Å²) < 4.78 is 42.5. The molecular formula is C27H22F3N7O2S. The molecule has 4 aromatic rings. The van der Waals surface area contributed by atoms with Crippen LogP contribution in [0, 0.1) is 0 Å². The Morgan fingerprint density at radius 2 is 1.77 bits per heavy atom. The van der Waals surface area contributed by atoms with Gasteiger partial charge in [0.25, 0.3) is 0 Å². The Morgan fingerprint density at radius 1 is 1.02 bits per heavy atom. The summed E-state index contributed by atoms with van der Waals surface area (Å²) in [6.45, 7) is 0. The lowest BCUT2D eigenvalue weighted by atomic mass is 10.1. The first-order valence-corrected chi connectivity index (χ1v) is 12.9. The van der Waals surface area contributed by atoms with Crippen LogP contribution < -0.4 is 14.5 Å². The summed E-state index contributed by atoms with van der Waals surface area (Å²) in [5.74, 6) is 0.358. The molecule has 0 aliphatic carbocycles. The second-order valence-corrected chi connectivity index (χ2v) is 9.68. The van der Waals surface area contributed by atoms with E-state index in [-0.39, 0.29) is 11.7 Å². The smallest absolute Gasteiger partial charge is 0.406 e. The maximum atomic E-state index is 12.5. The molecule has 0 unspecified atom stereocenters. The van der Waals surface area contributed by atoms with Gasteiger partial charge in [-0.15, -0.1) is 23.4 Å². The second kappa shape index (κ2) is 11.2. The quantitative estimate of drug-likeness (QED) is 0.221. The fourth-order valence-corrected chi connectivity index (χ4v) is 4.61. The number of amides is 1. The number of alkyl halides is 3. The van der Waals surface area contributed by atoms with E-state index in [0.29, 0.717) is 22.4 Å². The molecule has 0 radical (unpaired) electrons. The average molecular weight is 566 g/mol. The van der Waals surface area contributed by atoms with Crippen LogP contribution in [0.1, 0.15) is 5.56 Å². The van der Waals surface area contributed by atoms with E-state index in [0.717, 1.165) is 22.5 Å². The van der Waals surface area contributed by atoms with Gasteiger partial charge in [0, 0.05) is 25.3 Å². The van der Waals surface area contributed by atoms with E-state index >= 15 is 0 Å². The molecule has 40 heavy (non-hydrogen) atoms. The minimum atomic E-state index is -4.75. The Labute approximate surface area is 231 Å². The van der Waals surface area contributed by atoms with Crippen molar-refractivity contribution in [1.82, 2.24) is 14.8 Å². The molecule has 1 aromatic heterocycles. The molecule has 1 saturated heterocycles. The fourth-order valence-electron chi connectivity index (χ4n) is 3.78. The van der Waals surface area contributed by atoms with E-state index in [1.165, 1.54) is 47.0 Å². The molecule has 0 N–H and O–H groups in total. The minimum absolute atomic E-state index is 0.0586. The third kappa shape index (κ3) is 6.31. The van der Waals surface area contributed by atoms with Gasteiger partial charge in [-0.05, 0) is 48.0 Å². The molecule has 0 bridgehead atoms. The zero-order valence-corrected chi connectivity index (χ0v) is 22.1. The molecule has 2 heterocycles. The molecule has 204 valence electrons. The largest absolute Gasteiger partial charge is 0.573 e. The molecule has 5 rings (SSSR count). The molecule has 9 nitrogen and oxygen atoms in total. The maximum Gasteiger partial charge on any atom is 0.573 e. The van der Waals surface area contributed by atoms with Gasteiger partial charge in [-0.25, -0.2) is 9.67 Å². The van der Waals surface area contributed by atoms with Gasteiger partial charge in [0.1, 0.15) is 12.1 Å². The lowest BCUT2D eigenvalue weighted by Crippen LogP contribution is -2.29. The van der Waals surface area contributed by atoms with Crippen LogP contribution in [0.2, 0.25) is 0 Å². The van der Waals surface area contributed by atoms with Crippen molar-refractivity contribution >= 4 is 40.4 Å². The van der Waals surface area contributed by atoms with Crippen LogP contribution in [0.15, 0.2) is 89.3 Å². The van der Waals surface area contributed by atoms with Crippen LogP contribution >= 0.6 is 11.8 Å².